The molecule has 0 N–H and O–H groups in total. The molecule has 50 valence electrons. The molecule has 0 fully saturated rings. The minimum atomic E-state index is 1.20. The molecule has 0 saturated carbocycles. The van der Waals surface area contributed by atoms with Gasteiger partial charge in [0.05, 0.1) is 0 Å². The van der Waals surface area contributed by atoms with Crippen LogP contribution in [0.4, 0.5) is 0 Å². The first-order chi connectivity index (χ1) is 4.25. The van der Waals surface area contributed by atoms with Crippen LogP contribution < -0.4 is 0 Å². The predicted octanol–water partition coefficient (Wildman–Crippen LogP) is 3.06. The standard InChI is InChI=1S/C9H14/c1-4-9-6-5-7(2)8(9)3/h5H,4,6H2,1-3H3. The summed E-state index contributed by atoms with van der Waals surface area (Å²) in [5.41, 5.74) is 4.62. The minimum Gasteiger partial charge on any atom is -0.0772 e. The SMILES string of the molecule is CCC1=C(C)C(C)=CC1. The maximum absolute atomic E-state index is 2.31. The van der Waals surface area contributed by atoms with E-state index in [0.29, 0.717) is 0 Å². The van der Waals surface area contributed by atoms with Gasteiger partial charge in [-0.2, -0.15) is 0 Å². The highest BCUT2D eigenvalue weighted by atomic mass is 14.1. The van der Waals surface area contributed by atoms with Crippen molar-refractivity contribution in [2.75, 3.05) is 0 Å². The molecule has 1 rings (SSSR count). The van der Waals surface area contributed by atoms with Gasteiger partial charge < -0.3 is 0 Å². The molecule has 0 radical (unpaired) electrons. The third-order valence-electron chi connectivity index (χ3n) is 2.20. The van der Waals surface area contributed by atoms with Gasteiger partial charge in [0, 0.05) is 0 Å². The maximum atomic E-state index is 2.31. The van der Waals surface area contributed by atoms with Gasteiger partial charge in [0.15, 0.2) is 0 Å². The van der Waals surface area contributed by atoms with E-state index in [1.54, 1.807) is 5.57 Å². The van der Waals surface area contributed by atoms with E-state index in [1.165, 1.54) is 24.0 Å². The van der Waals surface area contributed by atoms with E-state index in [4.69, 9.17) is 0 Å². The molecule has 0 heterocycles. The van der Waals surface area contributed by atoms with Crippen molar-refractivity contribution < 1.29 is 0 Å². The largest absolute Gasteiger partial charge is 0.0772 e. The molecular weight excluding hydrogens is 108 g/mol. The van der Waals surface area contributed by atoms with E-state index < -0.39 is 0 Å². The Morgan fingerprint density at radius 2 is 2.11 bits per heavy atom. The molecular formula is C9H14. The van der Waals surface area contributed by atoms with Crippen molar-refractivity contribution in [1.82, 2.24) is 0 Å². The van der Waals surface area contributed by atoms with Crippen molar-refractivity contribution in [3.63, 3.8) is 0 Å². The number of hydrogen-bond acceptors (Lipinski definition) is 0. The second kappa shape index (κ2) is 2.38. The lowest BCUT2D eigenvalue weighted by molar-refractivity contribution is 1.03. The zero-order valence-corrected chi connectivity index (χ0v) is 6.49. The van der Waals surface area contributed by atoms with Gasteiger partial charge in [-0.1, -0.05) is 24.1 Å². The van der Waals surface area contributed by atoms with Crippen LogP contribution in [0.1, 0.15) is 33.6 Å². The quantitative estimate of drug-likeness (QED) is 0.501. The van der Waals surface area contributed by atoms with Crippen molar-refractivity contribution in [3.05, 3.63) is 22.8 Å². The Morgan fingerprint density at radius 1 is 1.44 bits per heavy atom. The fraction of sp³-hybridized carbons (Fsp3) is 0.556. The molecule has 1 aliphatic rings. The molecule has 0 nitrogen and oxygen atoms in total. The minimum absolute atomic E-state index is 1.20. The average Bonchev–Trinajstić information content (AvgIpc) is 2.15. The van der Waals surface area contributed by atoms with Crippen LogP contribution in [0.15, 0.2) is 22.8 Å². The van der Waals surface area contributed by atoms with Crippen LogP contribution in [0, 0.1) is 0 Å². The molecule has 1 aliphatic carbocycles. The monoisotopic (exact) mass is 122 g/mol. The van der Waals surface area contributed by atoms with Crippen LogP contribution in [0.3, 0.4) is 0 Å². The summed E-state index contributed by atoms with van der Waals surface area (Å²) in [7, 11) is 0. The van der Waals surface area contributed by atoms with Crippen molar-refractivity contribution in [2.24, 2.45) is 0 Å². The van der Waals surface area contributed by atoms with Crippen molar-refractivity contribution in [1.29, 1.82) is 0 Å². The van der Waals surface area contributed by atoms with Gasteiger partial charge in [-0.15, -0.1) is 0 Å². The Kier molecular flexibility index (Phi) is 1.75. The van der Waals surface area contributed by atoms with E-state index in [0.717, 1.165) is 0 Å². The molecule has 0 amide bonds. The van der Waals surface area contributed by atoms with Crippen molar-refractivity contribution >= 4 is 0 Å². The molecule has 0 heteroatoms. The van der Waals surface area contributed by atoms with Gasteiger partial charge >= 0.3 is 0 Å². The fourth-order valence-electron chi connectivity index (χ4n) is 1.27. The third kappa shape index (κ3) is 1.07. The van der Waals surface area contributed by atoms with Crippen LogP contribution in [0.5, 0.6) is 0 Å². The highest BCUT2D eigenvalue weighted by Crippen LogP contribution is 2.26. The molecule has 9 heavy (non-hydrogen) atoms. The molecule has 0 atom stereocenters. The number of allylic oxidation sites excluding steroid dienone is 4. The van der Waals surface area contributed by atoms with Crippen molar-refractivity contribution in [3.8, 4) is 0 Å². The lowest BCUT2D eigenvalue weighted by atomic mass is 10.1. The highest BCUT2D eigenvalue weighted by Gasteiger charge is 2.06. The Bertz CT molecular complexity index is 170. The first-order valence-corrected chi connectivity index (χ1v) is 3.61. The molecule has 0 aliphatic heterocycles. The van der Waals surface area contributed by atoms with Crippen molar-refractivity contribution in [2.45, 2.75) is 33.6 Å². The van der Waals surface area contributed by atoms with Crippen LogP contribution in [-0.2, 0) is 0 Å². The van der Waals surface area contributed by atoms with Gasteiger partial charge in [-0.05, 0) is 32.3 Å². The maximum Gasteiger partial charge on any atom is -0.0127 e. The van der Waals surface area contributed by atoms with E-state index in [-0.39, 0.29) is 0 Å². The molecule has 0 aromatic heterocycles. The average molecular weight is 122 g/mol. The second-order valence-electron chi connectivity index (χ2n) is 2.67. The van der Waals surface area contributed by atoms with E-state index in [1.807, 2.05) is 0 Å². The zero-order chi connectivity index (χ0) is 6.85. The van der Waals surface area contributed by atoms with Gasteiger partial charge in [0.25, 0.3) is 0 Å². The van der Waals surface area contributed by atoms with Crippen LogP contribution >= 0.6 is 0 Å². The summed E-state index contributed by atoms with van der Waals surface area (Å²) < 4.78 is 0. The van der Waals surface area contributed by atoms with E-state index >= 15 is 0 Å². The predicted molar refractivity (Wildman–Crippen MR) is 41.4 cm³/mol. The van der Waals surface area contributed by atoms with Gasteiger partial charge in [0.1, 0.15) is 0 Å². The Hall–Kier alpha value is -0.520. The van der Waals surface area contributed by atoms with Crippen LogP contribution in [0.25, 0.3) is 0 Å². The highest BCUT2D eigenvalue weighted by molar-refractivity contribution is 5.39. The smallest absolute Gasteiger partial charge is 0.0127 e. The molecule has 0 aromatic carbocycles. The molecule has 0 unspecified atom stereocenters. The summed E-state index contributed by atoms with van der Waals surface area (Å²) in [6.07, 6.45) is 4.74. The summed E-state index contributed by atoms with van der Waals surface area (Å²) in [5.74, 6) is 0. The molecule has 0 saturated heterocycles. The third-order valence-corrected chi connectivity index (χ3v) is 2.20. The topological polar surface area (TPSA) is 0 Å². The summed E-state index contributed by atoms with van der Waals surface area (Å²) in [6.45, 7) is 6.64. The molecule has 0 aromatic rings. The van der Waals surface area contributed by atoms with Gasteiger partial charge in [0.2, 0.25) is 0 Å². The summed E-state index contributed by atoms with van der Waals surface area (Å²) in [4.78, 5) is 0. The number of rotatable bonds is 1. The lowest BCUT2D eigenvalue weighted by Crippen LogP contribution is -1.78. The van der Waals surface area contributed by atoms with Crippen LogP contribution in [0.2, 0.25) is 0 Å². The Labute approximate surface area is 57.3 Å². The van der Waals surface area contributed by atoms with Crippen LogP contribution in [-0.4, -0.2) is 0 Å². The first-order valence-electron chi connectivity index (χ1n) is 3.61. The summed E-state index contributed by atoms with van der Waals surface area (Å²) >= 11 is 0. The first kappa shape index (κ1) is 6.60. The zero-order valence-electron chi connectivity index (χ0n) is 6.49. The van der Waals surface area contributed by atoms with E-state index in [9.17, 15) is 0 Å². The number of hydrogen-bond donors (Lipinski definition) is 0. The molecule has 0 spiro atoms. The molecule has 0 bridgehead atoms. The second-order valence-corrected chi connectivity index (χ2v) is 2.67. The van der Waals surface area contributed by atoms with Gasteiger partial charge in [-0.3, -0.25) is 0 Å². The fourth-order valence-corrected chi connectivity index (χ4v) is 1.27. The van der Waals surface area contributed by atoms with E-state index in [2.05, 4.69) is 26.8 Å². The summed E-state index contributed by atoms with van der Waals surface area (Å²) in [6, 6.07) is 0. The summed E-state index contributed by atoms with van der Waals surface area (Å²) in [5, 5.41) is 0. The van der Waals surface area contributed by atoms with Gasteiger partial charge in [-0.25, -0.2) is 0 Å². The Morgan fingerprint density at radius 3 is 2.33 bits per heavy atom. The lowest BCUT2D eigenvalue weighted by Gasteiger charge is -1.98. The normalized spacial score (nSPS) is 18.8. The Balaban J connectivity index is 2.79.